The number of carboxylic acid groups (broad SMARTS) is 1. The Balaban J connectivity index is 2.15. The number of fused-ring (bicyclic) bond motifs is 14. The molecule has 2 heterocycles. The number of carbonyl (C=O) groups is 4. The quantitative estimate of drug-likeness (QED) is 0.605. The Morgan fingerprint density at radius 3 is 2.12 bits per heavy atom. The molecule has 3 rings (SSSR count). The SMILES string of the molecule is O=C1CCCCCCC(C(=O)O)OC(=O)c2ccc(cc2)C(=O)OO1. The van der Waals surface area contributed by atoms with E-state index in [1.165, 1.54) is 24.3 Å². The number of hydrogen-bond acceptors (Lipinski definition) is 7. The number of carboxylic acids is 1. The molecule has 0 amide bonds. The van der Waals surface area contributed by atoms with E-state index < -0.39 is 30.0 Å². The van der Waals surface area contributed by atoms with E-state index >= 15 is 0 Å². The lowest BCUT2D eigenvalue weighted by Crippen LogP contribution is -2.27. The van der Waals surface area contributed by atoms with E-state index in [4.69, 9.17) is 4.74 Å². The van der Waals surface area contributed by atoms with Crippen molar-refractivity contribution in [1.82, 2.24) is 0 Å². The summed E-state index contributed by atoms with van der Waals surface area (Å²) in [5, 5.41) is 9.17. The molecule has 8 heteroatoms. The Kier molecular flexibility index (Phi) is 6.50. The molecule has 1 N–H and O–H groups in total. The van der Waals surface area contributed by atoms with Crippen molar-refractivity contribution < 1.29 is 38.8 Å². The Labute approximate surface area is 143 Å². The van der Waals surface area contributed by atoms with Gasteiger partial charge in [0.2, 0.25) is 0 Å². The normalized spacial score (nSPS) is 20.2. The van der Waals surface area contributed by atoms with Gasteiger partial charge in [-0.2, -0.15) is 0 Å². The van der Waals surface area contributed by atoms with Gasteiger partial charge in [0, 0.05) is 0 Å². The molecule has 25 heavy (non-hydrogen) atoms. The Morgan fingerprint density at radius 2 is 1.48 bits per heavy atom. The first-order chi connectivity index (χ1) is 12.0. The highest BCUT2D eigenvalue weighted by atomic mass is 17.2. The van der Waals surface area contributed by atoms with Crippen LogP contribution in [0.4, 0.5) is 0 Å². The van der Waals surface area contributed by atoms with E-state index in [2.05, 4.69) is 9.78 Å². The first kappa shape index (κ1) is 18.4. The Bertz CT molecular complexity index is 647. The number of esters is 1. The molecule has 8 nitrogen and oxygen atoms in total. The number of aliphatic carboxylic acids is 1. The lowest BCUT2D eigenvalue weighted by Gasteiger charge is -2.13. The fourth-order valence-electron chi connectivity index (χ4n) is 2.30. The molecule has 1 aromatic rings. The van der Waals surface area contributed by atoms with Crippen LogP contribution in [0.1, 0.15) is 59.2 Å². The summed E-state index contributed by atoms with van der Waals surface area (Å²) in [4.78, 5) is 55.4. The number of carbonyl (C=O) groups excluding carboxylic acids is 3. The summed E-state index contributed by atoms with van der Waals surface area (Å²) in [6, 6.07) is 5.19. The molecule has 0 radical (unpaired) electrons. The molecule has 0 saturated heterocycles. The molecular weight excluding hydrogens is 332 g/mol. The van der Waals surface area contributed by atoms with Gasteiger partial charge in [-0.15, -0.1) is 0 Å². The third-order valence-corrected chi connectivity index (χ3v) is 3.69. The van der Waals surface area contributed by atoms with Gasteiger partial charge < -0.3 is 9.84 Å². The minimum absolute atomic E-state index is 0.0726. The number of ether oxygens (including phenoxy) is 1. The first-order valence-electron chi connectivity index (χ1n) is 7.93. The minimum Gasteiger partial charge on any atom is -0.479 e. The highest BCUT2D eigenvalue weighted by Gasteiger charge is 2.23. The van der Waals surface area contributed by atoms with Crippen molar-refractivity contribution in [3.05, 3.63) is 35.4 Å². The van der Waals surface area contributed by atoms with Gasteiger partial charge in [0.05, 0.1) is 17.5 Å². The second-order valence-corrected chi connectivity index (χ2v) is 5.59. The van der Waals surface area contributed by atoms with Crippen molar-refractivity contribution in [3.8, 4) is 0 Å². The molecule has 2 aliphatic heterocycles. The van der Waals surface area contributed by atoms with E-state index in [0.29, 0.717) is 25.7 Å². The Morgan fingerprint density at radius 1 is 0.880 bits per heavy atom. The Hall–Kier alpha value is -2.90. The molecule has 0 saturated carbocycles. The van der Waals surface area contributed by atoms with Crippen LogP contribution in [0.25, 0.3) is 0 Å². The molecule has 1 atom stereocenters. The van der Waals surface area contributed by atoms with Crippen molar-refractivity contribution >= 4 is 23.9 Å². The molecular formula is C17H18O8. The van der Waals surface area contributed by atoms with E-state index in [1.54, 1.807) is 0 Å². The van der Waals surface area contributed by atoms with E-state index in [-0.39, 0.29) is 24.0 Å². The molecule has 1 aromatic carbocycles. The summed E-state index contributed by atoms with van der Waals surface area (Å²) in [6.07, 6.45) is 1.42. The second kappa shape index (κ2) is 8.81. The maximum absolute atomic E-state index is 12.0. The smallest absolute Gasteiger partial charge is 0.386 e. The van der Waals surface area contributed by atoms with Gasteiger partial charge in [0.25, 0.3) is 0 Å². The van der Waals surface area contributed by atoms with Crippen molar-refractivity contribution in [1.29, 1.82) is 0 Å². The van der Waals surface area contributed by atoms with Crippen molar-refractivity contribution in [2.24, 2.45) is 0 Å². The zero-order chi connectivity index (χ0) is 18.2. The van der Waals surface area contributed by atoms with Crippen molar-refractivity contribution in [2.75, 3.05) is 0 Å². The number of rotatable bonds is 1. The van der Waals surface area contributed by atoms with Gasteiger partial charge >= 0.3 is 23.9 Å². The van der Waals surface area contributed by atoms with E-state index in [1.807, 2.05) is 0 Å². The molecule has 0 fully saturated rings. The largest absolute Gasteiger partial charge is 0.479 e. The zero-order valence-electron chi connectivity index (χ0n) is 13.4. The summed E-state index contributed by atoms with van der Waals surface area (Å²) in [6.45, 7) is 0. The van der Waals surface area contributed by atoms with Gasteiger partial charge in [0.1, 0.15) is 0 Å². The topological polar surface area (TPSA) is 116 Å². The summed E-state index contributed by atoms with van der Waals surface area (Å²) in [5.74, 6) is -3.53. The monoisotopic (exact) mass is 350 g/mol. The maximum atomic E-state index is 12.0. The van der Waals surface area contributed by atoms with Gasteiger partial charge in [-0.3, -0.25) is 0 Å². The molecule has 0 aliphatic carbocycles. The molecule has 2 aliphatic rings. The first-order valence-corrected chi connectivity index (χ1v) is 7.93. The highest BCUT2D eigenvalue weighted by molar-refractivity contribution is 5.94. The van der Waals surface area contributed by atoms with Crippen LogP contribution in [0.3, 0.4) is 0 Å². The van der Waals surface area contributed by atoms with Crippen LogP contribution in [-0.4, -0.2) is 35.1 Å². The average Bonchev–Trinajstić information content (AvgIpc) is 2.60. The van der Waals surface area contributed by atoms with Crippen LogP contribution in [-0.2, 0) is 24.1 Å². The van der Waals surface area contributed by atoms with Crippen LogP contribution < -0.4 is 0 Å². The number of hydrogen-bond donors (Lipinski definition) is 1. The standard InChI is InChI=1S/C17H18O8/c18-14-6-4-2-1-3-5-13(15(19)20)23-16(21)11-7-9-12(10-8-11)17(22)25-24-14/h7-10,13H,1-6H2,(H,19,20). The van der Waals surface area contributed by atoms with Gasteiger partial charge in [-0.25, -0.2) is 29.0 Å². The molecule has 1 unspecified atom stereocenters. The van der Waals surface area contributed by atoms with Crippen LogP contribution in [0.5, 0.6) is 0 Å². The van der Waals surface area contributed by atoms with E-state index in [0.717, 1.165) is 0 Å². The second-order valence-electron chi connectivity index (χ2n) is 5.59. The lowest BCUT2D eigenvalue weighted by molar-refractivity contribution is -0.234. The van der Waals surface area contributed by atoms with Crippen LogP contribution in [0.2, 0.25) is 0 Å². The van der Waals surface area contributed by atoms with Gasteiger partial charge in [-0.05, 0) is 43.5 Å². The highest BCUT2D eigenvalue weighted by Crippen LogP contribution is 2.14. The summed E-state index contributed by atoms with van der Waals surface area (Å²) in [5.41, 5.74) is 0.174. The predicted molar refractivity (Wildman–Crippen MR) is 82.5 cm³/mol. The van der Waals surface area contributed by atoms with Gasteiger partial charge in [-0.1, -0.05) is 12.8 Å². The summed E-state index contributed by atoms with van der Waals surface area (Å²) in [7, 11) is 0. The summed E-state index contributed by atoms with van der Waals surface area (Å²) >= 11 is 0. The minimum atomic E-state index is -1.24. The average molecular weight is 350 g/mol. The van der Waals surface area contributed by atoms with Crippen molar-refractivity contribution in [2.45, 2.75) is 44.6 Å². The van der Waals surface area contributed by atoms with Crippen LogP contribution in [0.15, 0.2) is 24.3 Å². The number of benzene rings is 1. The van der Waals surface area contributed by atoms with Crippen LogP contribution >= 0.6 is 0 Å². The molecule has 134 valence electrons. The van der Waals surface area contributed by atoms with Crippen molar-refractivity contribution in [3.63, 3.8) is 0 Å². The lowest BCUT2D eigenvalue weighted by atomic mass is 10.1. The fraction of sp³-hybridized carbons (Fsp3) is 0.412. The van der Waals surface area contributed by atoms with E-state index in [9.17, 15) is 24.3 Å². The summed E-state index contributed by atoms with van der Waals surface area (Å²) < 4.78 is 5.03. The molecule has 0 spiro atoms. The third kappa shape index (κ3) is 5.59. The van der Waals surface area contributed by atoms with Crippen LogP contribution in [0, 0.1) is 0 Å². The maximum Gasteiger partial charge on any atom is 0.386 e. The predicted octanol–water partition coefficient (Wildman–Crippen LogP) is 2.27. The molecule has 0 aromatic heterocycles. The molecule has 2 bridgehead atoms. The zero-order valence-corrected chi connectivity index (χ0v) is 13.4. The fourth-order valence-corrected chi connectivity index (χ4v) is 2.30. The third-order valence-electron chi connectivity index (χ3n) is 3.69. The van der Waals surface area contributed by atoms with Gasteiger partial charge in [0.15, 0.2) is 6.10 Å².